The molecule has 2 N–H and O–H groups in total. The van der Waals surface area contributed by atoms with E-state index in [4.69, 9.17) is 5.73 Å². The summed E-state index contributed by atoms with van der Waals surface area (Å²) in [6, 6.07) is 3.27. The van der Waals surface area contributed by atoms with Gasteiger partial charge in [0, 0.05) is 24.3 Å². The molecule has 6 nitrogen and oxygen atoms in total. The van der Waals surface area contributed by atoms with Crippen molar-refractivity contribution in [3.05, 3.63) is 23.4 Å². The standard InChI is InChI=1S/C13H19N3O3S/c1-9(2)11-7-10(8-12(14)15-11)13(17)16-3-5-20(18,19)6-4-16/h7-9H,3-6H2,1-2H3,(H2,14,15). The lowest BCUT2D eigenvalue weighted by molar-refractivity contribution is 0.0770. The van der Waals surface area contributed by atoms with Gasteiger partial charge in [-0.1, -0.05) is 13.8 Å². The van der Waals surface area contributed by atoms with E-state index in [9.17, 15) is 13.2 Å². The lowest BCUT2D eigenvalue weighted by Crippen LogP contribution is -2.43. The Kier molecular flexibility index (Phi) is 3.99. The number of hydrogen-bond acceptors (Lipinski definition) is 5. The fourth-order valence-electron chi connectivity index (χ4n) is 2.09. The summed E-state index contributed by atoms with van der Waals surface area (Å²) >= 11 is 0. The highest BCUT2D eigenvalue weighted by molar-refractivity contribution is 7.91. The number of anilines is 1. The van der Waals surface area contributed by atoms with Crippen molar-refractivity contribution in [1.82, 2.24) is 9.88 Å². The number of sulfone groups is 1. The predicted octanol–water partition coefficient (Wildman–Crippen LogP) is 0.658. The van der Waals surface area contributed by atoms with E-state index < -0.39 is 9.84 Å². The molecule has 1 aliphatic heterocycles. The molecule has 0 saturated carbocycles. The summed E-state index contributed by atoms with van der Waals surface area (Å²) in [6.45, 7) is 4.42. The molecule has 0 aromatic carbocycles. The van der Waals surface area contributed by atoms with Crippen LogP contribution in [-0.4, -0.2) is 48.8 Å². The number of carbonyl (C=O) groups is 1. The minimum Gasteiger partial charge on any atom is -0.384 e. The lowest BCUT2D eigenvalue weighted by Gasteiger charge is -2.27. The monoisotopic (exact) mass is 297 g/mol. The lowest BCUT2D eigenvalue weighted by atomic mass is 10.1. The van der Waals surface area contributed by atoms with Gasteiger partial charge in [-0.3, -0.25) is 4.79 Å². The molecule has 20 heavy (non-hydrogen) atoms. The maximum absolute atomic E-state index is 12.4. The zero-order valence-electron chi connectivity index (χ0n) is 11.7. The molecule has 1 aromatic heterocycles. The second-order valence-electron chi connectivity index (χ2n) is 5.30. The van der Waals surface area contributed by atoms with Crippen LogP contribution in [0.25, 0.3) is 0 Å². The molecule has 0 aliphatic carbocycles. The summed E-state index contributed by atoms with van der Waals surface area (Å²) in [4.78, 5) is 18.1. The van der Waals surface area contributed by atoms with Gasteiger partial charge in [0.05, 0.1) is 11.5 Å². The maximum Gasteiger partial charge on any atom is 0.254 e. The van der Waals surface area contributed by atoms with E-state index >= 15 is 0 Å². The van der Waals surface area contributed by atoms with E-state index in [1.54, 1.807) is 11.0 Å². The van der Waals surface area contributed by atoms with Crippen LogP contribution in [0.4, 0.5) is 5.82 Å². The molecule has 110 valence electrons. The Morgan fingerprint density at radius 3 is 2.45 bits per heavy atom. The van der Waals surface area contributed by atoms with Gasteiger partial charge in [-0.05, 0) is 18.1 Å². The van der Waals surface area contributed by atoms with E-state index in [-0.39, 0.29) is 36.4 Å². The Labute approximate surface area is 118 Å². The number of carbonyl (C=O) groups excluding carboxylic acids is 1. The van der Waals surface area contributed by atoms with Crippen LogP contribution >= 0.6 is 0 Å². The van der Waals surface area contributed by atoms with E-state index in [0.29, 0.717) is 11.4 Å². The van der Waals surface area contributed by atoms with Crippen LogP contribution in [0.1, 0.15) is 35.8 Å². The highest BCUT2D eigenvalue weighted by atomic mass is 32.2. The van der Waals surface area contributed by atoms with E-state index in [2.05, 4.69) is 4.98 Å². The highest BCUT2D eigenvalue weighted by Crippen LogP contribution is 2.18. The number of rotatable bonds is 2. The summed E-state index contributed by atoms with van der Waals surface area (Å²) < 4.78 is 22.8. The Hall–Kier alpha value is -1.63. The van der Waals surface area contributed by atoms with Gasteiger partial charge in [-0.15, -0.1) is 0 Å². The van der Waals surface area contributed by atoms with Gasteiger partial charge < -0.3 is 10.6 Å². The average Bonchev–Trinajstić information content (AvgIpc) is 2.37. The van der Waals surface area contributed by atoms with Gasteiger partial charge in [0.25, 0.3) is 5.91 Å². The molecule has 7 heteroatoms. The first kappa shape index (κ1) is 14.8. The van der Waals surface area contributed by atoms with Crippen molar-refractivity contribution >= 4 is 21.6 Å². The predicted molar refractivity (Wildman–Crippen MR) is 77.3 cm³/mol. The van der Waals surface area contributed by atoms with Crippen LogP contribution in [0.2, 0.25) is 0 Å². The van der Waals surface area contributed by atoms with Gasteiger partial charge >= 0.3 is 0 Å². The summed E-state index contributed by atoms with van der Waals surface area (Å²) in [7, 11) is -2.99. The summed E-state index contributed by atoms with van der Waals surface area (Å²) in [5.41, 5.74) is 6.96. The first-order valence-electron chi connectivity index (χ1n) is 6.55. The van der Waals surface area contributed by atoms with Crippen molar-refractivity contribution in [1.29, 1.82) is 0 Å². The molecule has 0 unspecified atom stereocenters. The number of aromatic nitrogens is 1. The first-order chi connectivity index (χ1) is 9.28. The van der Waals surface area contributed by atoms with E-state index in [0.717, 1.165) is 5.69 Å². The quantitative estimate of drug-likeness (QED) is 0.865. The summed E-state index contributed by atoms with van der Waals surface area (Å²) in [5.74, 6) is 0.346. The fourth-order valence-corrected chi connectivity index (χ4v) is 3.29. The third-order valence-electron chi connectivity index (χ3n) is 3.34. The van der Waals surface area contributed by atoms with Gasteiger partial charge in [0.2, 0.25) is 0 Å². The smallest absolute Gasteiger partial charge is 0.254 e. The van der Waals surface area contributed by atoms with Crippen LogP contribution in [0.5, 0.6) is 0 Å². The second kappa shape index (κ2) is 5.40. The molecule has 1 amide bonds. The maximum atomic E-state index is 12.4. The van der Waals surface area contributed by atoms with E-state index in [1.807, 2.05) is 13.8 Å². The molecule has 1 aliphatic rings. The number of amides is 1. The number of pyridine rings is 1. The zero-order chi connectivity index (χ0) is 14.9. The molecule has 0 radical (unpaired) electrons. The molecule has 1 aromatic rings. The largest absolute Gasteiger partial charge is 0.384 e. The third-order valence-corrected chi connectivity index (χ3v) is 4.94. The van der Waals surface area contributed by atoms with Crippen molar-refractivity contribution in [2.45, 2.75) is 19.8 Å². The van der Waals surface area contributed by atoms with Crippen molar-refractivity contribution in [2.75, 3.05) is 30.3 Å². The second-order valence-corrected chi connectivity index (χ2v) is 7.61. The Morgan fingerprint density at radius 2 is 1.90 bits per heavy atom. The molecule has 0 bridgehead atoms. The van der Waals surface area contributed by atoms with E-state index in [1.165, 1.54) is 6.07 Å². The van der Waals surface area contributed by atoms with Crippen LogP contribution in [0.3, 0.4) is 0 Å². The Balaban J connectivity index is 2.21. The van der Waals surface area contributed by atoms with Crippen molar-refractivity contribution in [3.63, 3.8) is 0 Å². The SMILES string of the molecule is CC(C)c1cc(C(=O)N2CCS(=O)(=O)CC2)cc(N)n1. The normalized spacial score (nSPS) is 18.2. The zero-order valence-corrected chi connectivity index (χ0v) is 12.5. The summed E-state index contributed by atoms with van der Waals surface area (Å²) in [6.07, 6.45) is 0. The topological polar surface area (TPSA) is 93.4 Å². The molecule has 1 fully saturated rings. The van der Waals surface area contributed by atoms with Crippen LogP contribution in [0.15, 0.2) is 12.1 Å². The van der Waals surface area contributed by atoms with Crippen LogP contribution in [-0.2, 0) is 9.84 Å². The molecule has 1 saturated heterocycles. The number of hydrogen-bond donors (Lipinski definition) is 1. The number of nitrogens with two attached hydrogens (primary N) is 1. The van der Waals surface area contributed by atoms with Crippen molar-refractivity contribution < 1.29 is 13.2 Å². The first-order valence-corrected chi connectivity index (χ1v) is 8.38. The molecular weight excluding hydrogens is 278 g/mol. The minimum absolute atomic E-state index is 0.0242. The fraction of sp³-hybridized carbons (Fsp3) is 0.538. The molecule has 0 spiro atoms. The Morgan fingerprint density at radius 1 is 1.30 bits per heavy atom. The van der Waals surface area contributed by atoms with Gasteiger partial charge in [0.15, 0.2) is 9.84 Å². The molecular formula is C13H19N3O3S. The molecule has 0 atom stereocenters. The number of nitrogens with zero attached hydrogens (tertiary/aromatic N) is 2. The Bertz CT molecular complexity index is 612. The molecule has 2 rings (SSSR count). The van der Waals surface area contributed by atoms with Gasteiger partial charge in [-0.25, -0.2) is 13.4 Å². The van der Waals surface area contributed by atoms with Crippen LogP contribution < -0.4 is 5.73 Å². The molecule has 2 heterocycles. The number of nitrogen functional groups attached to an aromatic ring is 1. The average molecular weight is 297 g/mol. The minimum atomic E-state index is -2.99. The van der Waals surface area contributed by atoms with Crippen molar-refractivity contribution in [2.24, 2.45) is 0 Å². The van der Waals surface area contributed by atoms with Crippen LogP contribution in [0, 0.1) is 0 Å². The van der Waals surface area contributed by atoms with Gasteiger partial charge in [0.1, 0.15) is 5.82 Å². The summed E-state index contributed by atoms with van der Waals surface area (Å²) in [5, 5.41) is 0. The third kappa shape index (κ3) is 3.27. The van der Waals surface area contributed by atoms with Gasteiger partial charge in [-0.2, -0.15) is 0 Å². The van der Waals surface area contributed by atoms with Crippen molar-refractivity contribution in [3.8, 4) is 0 Å². The highest BCUT2D eigenvalue weighted by Gasteiger charge is 2.26.